The van der Waals surface area contributed by atoms with Crippen molar-refractivity contribution in [3.63, 3.8) is 0 Å². The minimum atomic E-state index is 0.131. The molecule has 0 aliphatic heterocycles. The highest BCUT2D eigenvalue weighted by molar-refractivity contribution is 6.00. The molecule has 0 heterocycles. The van der Waals surface area contributed by atoms with Gasteiger partial charge in [-0.25, -0.2) is 0 Å². The molecule has 130 valence electrons. The van der Waals surface area contributed by atoms with Crippen molar-refractivity contribution in [1.82, 2.24) is 0 Å². The van der Waals surface area contributed by atoms with E-state index in [4.69, 9.17) is 14.2 Å². The normalized spacial score (nSPS) is 17.0. The summed E-state index contributed by atoms with van der Waals surface area (Å²) in [6, 6.07) is 13.8. The summed E-state index contributed by atoms with van der Waals surface area (Å²) in [6.07, 6.45) is 3.04. The zero-order valence-electron chi connectivity index (χ0n) is 14.7. The summed E-state index contributed by atoms with van der Waals surface area (Å²) in [5.41, 5.74) is 3.01. The molecule has 4 nitrogen and oxygen atoms in total. The zero-order valence-corrected chi connectivity index (χ0v) is 14.7. The number of ketones is 1. The molecule has 2 aromatic rings. The first kappa shape index (κ1) is 17.1. The Morgan fingerprint density at radius 3 is 2.12 bits per heavy atom. The lowest BCUT2D eigenvalue weighted by Gasteiger charge is -2.24. The zero-order chi connectivity index (χ0) is 17.8. The molecule has 0 amide bonds. The van der Waals surface area contributed by atoms with E-state index in [2.05, 4.69) is 12.1 Å². The smallest absolute Gasteiger partial charge is 0.164 e. The minimum Gasteiger partial charge on any atom is -0.496 e. The van der Waals surface area contributed by atoms with Crippen molar-refractivity contribution in [3.05, 3.63) is 59.7 Å². The summed E-state index contributed by atoms with van der Waals surface area (Å²) in [5, 5.41) is 0. The predicted octanol–water partition coefficient (Wildman–Crippen LogP) is 4.24. The van der Waals surface area contributed by atoms with Crippen LogP contribution in [0.15, 0.2) is 48.5 Å². The second-order valence-electron chi connectivity index (χ2n) is 6.06. The van der Waals surface area contributed by atoms with Crippen molar-refractivity contribution < 1.29 is 19.0 Å². The van der Waals surface area contributed by atoms with Crippen molar-refractivity contribution in [2.24, 2.45) is 0 Å². The maximum absolute atomic E-state index is 12.3. The predicted molar refractivity (Wildman–Crippen MR) is 97.5 cm³/mol. The van der Waals surface area contributed by atoms with E-state index in [9.17, 15) is 4.79 Å². The molecule has 0 saturated heterocycles. The molecule has 1 aliphatic carbocycles. The van der Waals surface area contributed by atoms with Gasteiger partial charge in [0, 0.05) is 18.1 Å². The largest absolute Gasteiger partial charge is 0.496 e. The highest BCUT2D eigenvalue weighted by atomic mass is 16.5. The molecule has 0 saturated carbocycles. The minimum absolute atomic E-state index is 0.131. The fraction of sp³-hybridized carbons (Fsp3) is 0.286. The number of ether oxygens (including phenoxy) is 3. The summed E-state index contributed by atoms with van der Waals surface area (Å²) in [6.45, 7) is 0. The average molecular weight is 338 g/mol. The number of rotatable bonds is 5. The first-order chi connectivity index (χ1) is 12.2. The molecule has 0 radical (unpaired) electrons. The molecule has 4 heteroatoms. The Morgan fingerprint density at radius 1 is 0.840 bits per heavy atom. The van der Waals surface area contributed by atoms with Crippen LogP contribution in [0.25, 0.3) is 5.57 Å². The fourth-order valence-electron chi connectivity index (χ4n) is 3.32. The molecular formula is C21H22O4. The molecule has 0 N–H and O–H groups in total. The van der Waals surface area contributed by atoms with E-state index in [-0.39, 0.29) is 11.7 Å². The van der Waals surface area contributed by atoms with Crippen LogP contribution in [0.5, 0.6) is 17.2 Å². The van der Waals surface area contributed by atoms with Crippen LogP contribution in [-0.4, -0.2) is 27.1 Å². The number of benzene rings is 2. The summed E-state index contributed by atoms with van der Waals surface area (Å²) >= 11 is 0. The molecule has 0 fully saturated rings. The SMILES string of the molecule is COc1cc(OC)c(C2=CC(=O)CC(c3ccccc3)C2)cc1OC. The topological polar surface area (TPSA) is 44.8 Å². The molecule has 1 unspecified atom stereocenters. The van der Waals surface area contributed by atoms with Gasteiger partial charge < -0.3 is 14.2 Å². The Kier molecular flexibility index (Phi) is 5.08. The van der Waals surface area contributed by atoms with Crippen LogP contribution < -0.4 is 14.2 Å². The van der Waals surface area contributed by atoms with Gasteiger partial charge in [0.05, 0.1) is 21.3 Å². The highest BCUT2D eigenvalue weighted by Gasteiger charge is 2.25. The first-order valence-electron chi connectivity index (χ1n) is 8.25. The van der Waals surface area contributed by atoms with Crippen LogP contribution in [0, 0.1) is 0 Å². The maximum Gasteiger partial charge on any atom is 0.164 e. The van der Waals surface area contributed by atoms with Gasteiger partial charge in [-0.2, -0.15) is 0 Å². The lowest BCUT2D eigenvalue weighted by atomic mass is 9.81. The molecule has 1 atom stereocenters. The standard InChI is InChI=1S/C21H22O4/c1-23-19-13-21(25-3)20(24-2)12-18(19)16-9-15(10-17(22)11-16)14-7-5-4-6-8-14/h4-8,11-13,15H,9-10H2,1-3H3. The van der Waals surface area contributed by atoms with E-state index in [0.717, 1.165) is 17.6 Å². The number of methoxy groups -OCH3 is 3. The maximum atomic E-state index is 12.3. The highest BCUT2D eigenvalue weighted by Crippen LogP contribution is 2.43. The van der Waals surface area contributed by atoms with Crippen LogP contribution >= 0.6 is 0 Å². The van der Waals surface area contributed by atoms with Crippen LogP contribution in [0.2, 0.25) is 0 Å². The third-order valence-electron chi connectivity index (χ3n) is 4.57. The van der Waals surface area contributed by atoms with Gasteiger partial charge in [-0.3, -0.25) is 4.79 Å². The quantitative estimate of drug-likeness (QED) is 0.818. The lowest BCUT2D eigenvalue weighted by molar-refractivity contribution is -0.115. The van der Waals surface area contributed by atoms with Crippen molar-refractivity contribution in [3.8, 4) is 17.2 Å². The number of hydrogen-bond acceptors (Lipinski definition) is 4. The van der Waals surface area contributed by atoms with Gasteiger partial charge in [0.2, 0.25) is 0 Å². The molecule has 0 bridgehead atoms. The summed E-state index contributed by atoms with van der Waals surface area (Å²) in [5.74, 6) is 2.20. The Morgan fingerprint density at radius 2 is 1.48 bits per heavy atom. The average Bonchev–Trinajstić information content (AvgIpc) is 2.67. The van der Waals surface area contributed by atoms with E-state index in [1.165, 1.54) is 5.56 Å². The Balaban J connectivity index is 2.01. The third kappa shape index (κ3) is 3.53. The summed E-state index contributed by atoms with van der Waals surface area (Å²) in [4.78, 5) is 12.3. The van der Waals surface area contributed by atoms with Crippen LogP contribution in [-0.2, 0) is 4.79 Å². The van der Waals surface area contributed by atoms with Gasteiger partial charge in [-0.1, -0.05) is 30.3 Å². The van der Waals surface area contributed by atoms with Gasteiger partial charge in [0.25, 0.3) is 0 Å². The molecule has 0 aromatic heterocycles. The van der Waals surface area contributed by atoms with Gasteiger partial charge in [0.1, 0.15) is 5.75 Å². The van der Waals surface area contributed by atoms with Gasteiger partial charge in [0.15, 0.2) is 17.3 Å². The molecule has 2 aromatic carbocycles. The van der Waals surface area contributed by atoms with E-state index in [0.29, 0.717) is 23.7 Å². The molecular weight excluding hydrogens is 316 g/mol. The second kappa shape index (κ2) is 7.43. The molecule has 1 aliphatic rings. The van der Waals surface area contributed by atoms with Crippen molar-refractivity contribution >= 4 is 11.4 Å². The van der Waals surface area contributed by atoms with Crippen molar-refractivity contribution in [2.75, 3.05) is 21.3 Å². The molecule has 25 heavy (non-hydrogen) atoms. The summed E-state index contributed by atoms with van der Waals surface area (Å²) in [7, 11) is 4.80. The van der Waals surface area contributed by atoms with Crippen molar-refractivity contribution in [1.29, 1.82) is 0 Å². The number of carbonyl (C=O) groups excluding carboxylic acids is 1. The number of allylic oxidation sites excluding steroid dienone is 2. The van der Waals surface area contributed by atoms with E-state index in [1.54, 1.807) is 33.5 Å². The number of hydrogen-bond donors (Lipinski definition) is 0. The Bertz CT molecular complexity index is 793. The van der Waals surface area contributed by atoms with Gasteiger partial charge >= 0.3 is 0 Å². The van der Waals surface area contributed by atoms with Crippen LogP contribution in [0.4, 0.5) is 0 Å². The molecule has 0 spiro atoms. The monoisotopic (exact) mass is 338 g/mol. The van der Waals surface area contributed by atoms with Gasteiger partial charge in [-0.05, 0) is 35.6 Å². The third-order valence-corrected chi connectivity index (χ3v) is 4.57. The molecule has 3 rings (SSSR count). The van der Waals surface area contributed by atoms with E-state index in [1.807, 2.05) is 24.3 Å². The number of carbonyl (C=O) groups is 1. The Labute approximate surface area is 148 Å². The van der Waals surface area contributed by atoms with Gasteiger partial charge in [-0.15, -0.1) is 0 Å². The fourth-order valence-corrected chi connectivity index (χ4v) is 3.32. The van der Waals surface area contributed by atoms with Crippen LogP contribution in [0.3, 0.4) is 0 Å². The second-order valence-corrected chi connectivity index (χ2v) is 6.06. The first-order valence-corrected chi connectivity index (χ1v) is 8.25. The summed E-state index contributed by atoms with van der Waals surface area (Å²) < 4.78 is 16.3. The van der Waals surface area contributed by atoms with Crippen LogP contribution in [0.1, 0.15) is 29.9 Å². The van der Waals surface area contributed by atoms with E-state index >= 15 is 0 Å². The van der Waals surface area contributed by atoms with E-state index < -0.39 is 0 Å². The van der Waals surface area contributed by atoms with Crippen molar-refractivity contribution in [2.45, 2.75) is 18.8 Å². The Hall–Kier alpha value is -2.75. The lowest BCUT2D eigenvalue weighted by Crippen LogP contribution is -2.13.